The molecular weight excluding hydrogens is 398 g/mol. The second-order valence-electron chi connectivity index (χ2n) is 6.42. The van der Waals surface area contributed by atoms with Crippen LogP contribution >= 0.6 is 11.6 Å². The number of benzene rings is 2. The number of aliphatic hydroxyl groups excluding tert-OH is 1. The van der Waals surface area contributed by atoms with Crippen LogP contribution in [0.2, 0.25) is 5.02 Å². The maximum atomic E-state index is 12.8. The van der Waals surface area contributed by atoms with Crippen LogP contribution in [0, 0.1) is 0 Å². The molecule has 0 aliphatic carbocycles. The molecule has 1 fully saturated rings. The first kappa shape index (κ1) is 20.7. The Morgan fingerprint density at radius 3 is 2.45 bits per heavy atom. The van der Waals surface area contributed by atoms with Gasteiger partial charge in [0.05, 0.1) is 25.3 Å². The molecule has 2 N–H and O–H groups in total. The van der Waals surface area contributed by atoms with E-state index in [0.717, 1.165) is 0 Å². The highest BCUT2D eigenvalue weighted by Crippen LogP contribution is 2.41. The van der Waals surface area contributed by atoms with Gasteiger partial charge in [0.15, 0.2) is 11.5 Å². The summed E-state index contributed by atoms with van der Waals surface area (Å²) in [5.41, 5.74) is 0.807. The summed E-state index contributed by atoms with van der Waals surface area (Å²) in [6.45, 7) is 0.353. The number of likely N-dealkylation sites (tertiary alicyclic amines) is 1. The van der Waals surface area contributed by atoms with Crippen molar-refractivity contribution >= 4 is 29.1 Å². The zero-order valence-electron chi connectivity index (χ0n) is 15.9. The molecule has 0 saturated carbocycles. The molecule has 1 saturated heterocycles. The van der Waals surface area contributed by atoms with Crippen LogP contribution < -0.4 is 4.74 Å². The summed E-state index contributed by atoms with van der Waals surface area (Å²) in [5.74, 6) is -1.74. The normalized spacial score (nSPS) is 18.3. The van der Waals surface area contributed by atoms with Gasteiger partial charge in [0.25, 0.3) is 11.7 Å². The van der Waals surface area contributed by atoms with Crippen LogP contribution in [0.15, 0.2) is 48.0 Å². The van der Waals surface area contributed by atoms with Gasteiger partial charge >= 0.3 is 0 Å². The summed E-state index contributed by atoms with van der Waals surface area (Å²) in [4.78, 5) is 26.8. The van der Waals surface area contributed by atoms with E-state index in [2.05, 4.69) is 0 Å². The summed E-state index contributed by atoms with van der Waals surface area (Å²) >= 11 is 5.90. The third-order valence-corrected chi connectivity index (χ3v) is 4.97. The fourth-order valence-corrected chi connectivity index (χ4v) is 3.40. The fraction of sp³-hybridized carbons (Fsp3) is 0.238. The molecule has 2 aromatic carbocycles. The molecule has 1 heterocycles. The zero-order chi connectivity index (χ0) is 21.1. The lowest BCUT2D eigenvalue weighted by molar-refractivity contribution is -0.140. The number of nitrogens with zero attached hydrogens (tertiary/aromatic N) is 1. The summed E-state index contributed by atoms with van der Waals surface area (Å²) in [7, 11) is 2.89. The van der Waals surface area contributed by atoms with Gasteiger partial charge in [0.1, 0.15) is 5.76 Å². The van der Waals surface area contributed by atoms with Crippen LogP contribution in [0.25, 0.3) is 5.76 Å². The molecule has 0 bridgehead atoms. The number of ether oxygens (including phenoxy) is 2. The first-order valence-electron chi connectivity index (χ1n) is 8.79. The van der Waals surface area contributed by atoms with Gasteiger partial charge in [-0.05, 0) is 42.0 Å². The van der Waals surface area contributed by atoms with E-state index in [1.165, 1.54) is 31.3 Å². The van der Waals surface area contributed by atoms with E-state index in [1.54, 1.807) is 30.3 Å². The van der Waals surface area contributed by atoms with Crippen LogP contribution in [0.5, 0.6) is 11.5 Å². The Labute approximate surface area is 172 Å². The topological polar surface area (TPSA) is 96.3 Å². The van der Waals surface area contributed by atoms with Crippen LogP contribution in [-0.2, 0) is 14.3 Å². The average Bonchev–Trinajstić information content (AvgIpc) is 2.97. The van der Waals surface area contributed by atoms with Gasteiger partial charge in [-0.3, -0.25) is 9.59 Å². The highest BCUT2D eigenvalue weighted by molar-refractivity contribution is 6.46. The quantitative estimate of drug-likeness (QED) is 0.426. The van der Waals surface area contributed by atoms with Crippen LogP contribution in [0.1, 0.15) is 17.2 Å². The third-order valence-electron chi connectivity index (χ3n) is 4.71. The average molecular weight is 418 g/mol. The first-order chi connectivity index (χ1) is 13.9. The lowest BCUT2D eigenvalue weighted by Gasteiger charge is -2.25. The molecule has 7 nitrogen and oxygen atoms in total. The van der Waals surface area contributed by atoms with E-state index >= 15 is 0 Å². The van der Waals surface area contributed by atoms with E-state index in [1.807, 2.05) is 0 Å². The lowest BCUT2D eigenvalue weighted by Crippen LogP contribution is -2.32. The summed E-state index contributed by atoms with van der Waals surface area (Å²) in [6.07, 6.45) is 0. The van der Waals surface area contributed by atoms with E-state index in [0.29, 0.717) is 16.1 Å². The van der Waals surface area contributed by atoms with Crippen molar-refractivity contribution in [2.45, 2.75) is 6.04 Å². The van der Waals surface area contributed by atoms with E-state index in [9.17, 15) is 19.8 Å². The molecule has 1 unspecified atom stereocenters. The molecule has 1 aliphatic rings. The number of amides is 1. The highest BCUT2D eigenvalue weighted by atomic mass is 35.5. The molecule has 0 spiro atoms. The molecular formula is C21H20ClNO6. The molecule has 1 aliphatic heterocycles. The number of methoxy groups -OCH3 is 2. The molecule has 1 amide bonds. The predicted molar refractivity (Wildman–Crippen MR) is 107 cm³/mol. The second kappa shape index (κ2) is 8.55. The number of phenols is 1. The van der Waals surface area contributed by atoms with Gasteiger partial charge in [0, 0.05) is 24.2 Å². The van der Waals surface area contributed by atoms with Crippen LogP contribution in [0.4, 0.5) is 0 Å². The molecule has 8 heteroatoms. The Hall–Kier alpha value is -3.03. The number of hydrogen-bond donors (Lipinski definition) is 2. The first-order valence-corrected chi connectivity index (χ1v) is 9.17. The number of aromatic hydroxyl groups is 1. The predicted octanol–water partition coefficient (Wildman–Crippen LogP) is 3.12. The Bertz CT molecular complexity index is 970. The van der Waals surface area contributed by atoms with Crippen molar-refractivity contribution in [1.29, 1.82) is 0 Å². The van der Waals surface area contributed by atoms with Gasteiger partial charge in [-0.15, -0.1) is 0 Å². The van der Waals surface area contributed by atoms with Gasteiger partial charge in [-0.2, -0.15) is 0 Å². The van der Waals surface area contributed by atoms with Crippen molar-refractivity contribution in [2.75, 3.05) is 27.4 Å². The van der Waals surface area contributed by atoms with Crippen LogP contribution in [0.3, 0.4) is 0 Å². The maximum Gasteiger partial charge on any atom is 0.295 e. The minimum atomic E-state index is -0.865. The minimum absolute atomic E-state index is 0.0545. The summed E-state index contributed by atoms with van der Waals surface area (Å²) < 4.78 is 10.2. The molecule has 0 aromatic heterocycles. The third kappa shape index (κ3) is 3.92. The maximum absolute atomic E-state index is 12.8. The SMILES string of the molecule is COCCN1C(=O)C(=O)C(=C(O)c2ccc(Cl)cc2)C1c1ccc(O)c(OC)c1. The number of carbonyl (C=O) groups is 2. The molecule has 3 rings (SSSR count). The van der Waals surface area contributed by atoms with Gasteiger partial charge in [-0.1, -0.05) is 17.7 Å². The Morgan fingerprint density at radius 2 is 1.83 bits per heavy atom. The number of rotatable bonds is 6. The number of halogens is 1. The Morgan fingerprint density at radius 1 is 1.14 bits per heavy atom. The minimum Gasteiger partial charge on any atom is -0.507 e. The smallest absolute Gasteiger partial charge is 0.295 e. The monoisotopic (exact) mass is 417 g/mol. The number of phenolic OH excluding ortho intramolecular Hbond substituents is 1. The van der Waals surface area contributed by atoms with E-state index in [4.69, 9.17) is 21.1 Å². The standard InChI is InChI=1S/C21H20ClNO6/c1-28-10-9-23-18(13-5-8-15(24)16(11-13)29-2)17(20(26)21(23)27)19(25)12-3-6-14(22)7-4-12/h3-8,11,18,24-25H,9-10H2,1-2H3. The van der Waals surface area contributed by atoms with E-state index in [-0.39, 0.29) is 36.0 Å². The summed E-state index contributed by atoms with van der Waals surface area (Å²) in [6, 6.07) is 9.93. The van der Waals surface area contributed by atoms with Gasteiger partial charge in [-0.25, -0.2) is 0 Å². The number of carbonyl (C=O) groups excluding carboxylic acids is 2. The molecule has 29 heavy (non-hydrogen) atoms. The largest absolute Gasteiger partial charge is 0.507 e. The van der Waals surface area contributed by atoms with Gasteiger partial charge in [0.2, 0.25) is 0 Å². The van der Waals surface area contributed by atoms with Crippen molar-refractivity contribution in [3.05, 3.63) is 64.2 Å². The number of ketones is 1. The Balaban J connectivity index is 2.18. The lowest BCUT2D eigenvalue weighted by atomic mass is 9.95. The van der Waals surface area contributed by atoms with Crippen molar-refractivity contribution < 1.29 is 29.3 Å². The Kier molecular flexibility index (Phi) is 6.10. The van der Waals surface area contributed by atoms with Crippen molar-refractivity contribution in [3.63, 3.8) is 0 Å². The van der Waals surface area contributed by atoms with Crippen molar-refractivity contribution in [3.8, 4) is 11.5 Å². The fourth-order valence-electron chi connectivity index (χ4n) is 3.27. The number of aliphatic hydroxyl groups is 1. The highest BCUT2D eigenvalue weighted by Gasteiger charge is 2.46. The summed E-state index contributed by atoms with van der Waals surface area (Å²) in [5, 5.41) is 21.3. The van der Waals surface area contributed by atoms with Crippen molar-refractivity contribution in [2.24, 2.45) is 0 Å². The molecule has 0 radical (unpaired) electrons. The second-order valence-corrected chi connectivity index (χ2v) is 6.86. The zero-order valence-corrected chi connectivity index (χ0v) is 16.6. The van der Waals surface area contributed by atoms with E-state index < -0.39 is 17.7 Å². The van der Waals surface area contributed by atoms with Gasteiger partial charge < -0.3 is 24.6 Å². The van der Waals surface area contributed by atoms with Crippen LogP contribution in [-0.4, -0.2) is 54.2 Å². The molecule has 2 aromatic rings. The molecule has 152 valence electrons. The van der Waals surface area contributed by atoms with Crippen molar-refractivity contribution in [1.82, 2.24) is 4.90 Å². The molecule has 1 atom stereocenters. The number of Topliss-reactive ketones (excluding diaryl/α,β-unsaturated/α-hetero) is 1. The number of hydrogen-bond acceptors (Lipinski definition) is 6.